The lowest BCUT2D eigenvalue weighted by Gasteiger charge is -2.44. The molecule has 0 aromatic rings. The number of fused-ring (bicyclic) bond motifs is 2. The Morgan fingerprint density at radius 2 is 2.29 bits per heavy atom. The molecule has 17 heavy (non-hydrogen) atoms. The molecule has 0 spiro atoms. The Kier molecular flexibility index (Phi) is 2.90. The van der Waals surface area contributed by atoms with E-state index in [0.717, 1.165) is 25.7 Å². The first-order valence-corrected chi connectivity index (χ1v) is 6.14. The minimum absolute atomic E-state index is 0.382. The summed E-state index contributed by atoms with van der Waals surface area (Å²) in [6.45, 7) is 7.08. The first-order chi connectivity index (χ1) is 7.82. The fourth-order valence-electron chi connectivity index (χ4n) is 3.02. The Bertz CT molecular complexity index is 396. The lowest BCUT2D eigenvalue weighted by molar-refractivity contribution is -0.156. The largest absolute Gasteiger partial charge is 0.452 e. The van der Waals surface area contributed by atoms with Gasteiger partial charge in [-0.1, -0.05) is 12.2 Å². The van der Waals surface area contributed by atoms with Gasteiger partial charge in [0, 0.05) is 12.0 Å². The minimum atomic E-state index is -0.688. The van der Waals surface area contributed by atoms with Crippen LogP contribution in [0.25, 0.3) is 0 Å². The molecule has 2 rings (SSSR count). The van der Waals surface area contributed by atoms with Crippen LogP contribution >= 0.6 is 0 Å². The highest BCUT2D eigenvalue weighted by molar-refractivity contribution is 5.87. The molecule has 94 valence electrons. The Morgan fingerprint density at radius 3 is 2.88 bits per heavy atom. The van der Waals surface area contributed by atoms with Gasteiger partial charge in [0.05, 0.1) is 5.60 Å². The Labute approximate surface area is 102 Å². The number of esters is 1. The Hall–Kier alpha value is -1.09. The van der Waals surface area contributed by atoms with Crippen LogP contribution in [0.3, 0.4) is 0 Å². The number of aliphatic hydroxyl groups is 1. The molecular weight excluding hydrogens is 216 g/mol. The molecule has 0 aromatic heterocycles. The summed E-state index contributed by atoms with van der Waals surface area (Å²) in [7, 11) is 0. The van der Waals surface area contributed by atoms with Crippen molar-refractivity contribution in [1.29, 1.82) is 0 Å². The maximum atomic E-state index is 11.6. The summed E-state index contributed by atoms with van der Waals surface area (Å²) in [6, 6.07) is 0. The van der Waals surface area contributed by atoms with Crippen molar-refractivity contribution in [3.05, 3.63) is 23.8 Å². The van der Waals surface area contributed by atoms with Crippen LogP contribution in [0.2, 0.25) is 0 Å². The summed E-state index contributed by atoms with van der Waals surface area (Å²) < 4.78 is 5.47. The number of carbonyl (C=O) groups is 1. The van der Waals surface area contributed by atoms with Crippen molar-refractivity contribution in [2.75, 3.05) is 0 Å². The molecule has 3 nitrogen and oxygen atoms in total. The maximum absolute atomic E-state index is 11.6. The summed E-state index contributed by atoms with van der Waals surface area (Å²) in [4.78, 5) is 11.6. The zero-order valence-corrected chi connectivity index (χ0v) is 10.6. The highest BCUT2D eigenvalue weighted by Gasteiger charge is 2.44. The predicted octanol–water partition coefficient (Wildman–Crippen LogP) is 2.50. The number of ether oxygens (including phenoxy) is 1. The second-order valence-corrected chi connectivity index (χ2v) is 5.72. The molecule has 0 aliphatic heterocycles. The summed E-state index contributed by atoms with van der Waals surface area (Å²) in [5.74, 6) is -0.382. The second-order valence-electron chi connectivity index (χ2n) is 5.72. The van der Waals surface area contributed by atoms with Crippen molar-refractivity contribution in [2.45, 2.75) is 57.2 Å². The molecule has 0 amide bonds. The molecule has 0 radical (unpaired) electrons. The van der Waals surface area contributed by atoms with E-state index in [2.05, 4.69) is 6.58 Å². The summed E-state index contributed by atoms with van der Waals surface area (Å²) >= 11 is 0. The average molecular weight is 236 g/mol. The molecule has 1 saturated carbocycles. The van der Waals surface area contributed by atoms with E-state index in [1.165, 1.54) is 5.57 Å². The van der Waals surface area contributed by atoms with Gasteiger partial charge in [-0.3, -0.25) is 0 Å². The third kappa shape index (κ3) is 2.60. The number of carbonyl (C=O) groups excluding carboxylic acids is 1. The van der Waals surface area contributed by atoms with Gasteiger partial charge in [-0.15, -0.1) is 0 Å². The molecule has 0 aromatic carbocycles. The third-order valence-electron chi connectivity index (χ3n) is 3.56. The first kappa shape index (κ1) is 12.4. The number of hydrogen-bond acceptors (Lipinski definition) is 3. The first-order valence-electron chi connectivity index (χ1n) is 6.14. The SMILES string of the molecule is C=C(C)C(=O)OC1(C)C=C2CCCC(O)(C2)C1. The van der Waals surface area contributed by atoms with Crippen molar-refractivity contribution < 1.29 is 14.6 Å². The van der Waals surface area contributed by atoms with Crippen LogP contribution in [0.1, 0.15) is 46.0 Å². The van der Waals surface area contributed by atoms with Crippen molar-refractivity contribution in [3.8, 4) is 0 Å². The van der Waals surface area contributed by atoms with Gasteiger partial charge in [0.2, 0.25) is 0 Å². The van der Waals surface area contributed by atoms with Crippen LogP contribution in [0, 0.1) is 0 Å². The van der Waals surface area contributed by atoms with Crippen molar-refractivity contribution in [3.63, 3.8) is 0 Å². The van der Waals surface area contributed by atoms with Crippen molar-refractivity contribution in [2.24, 2.45) is 0 Å². The molecule has 2 aliphatic carbocycles. The van der Waals surface area contributed by atoms with Crippen LogP contribution in [0.15, 0.2) is 23.8 Å². The van der Waals surface area contributed by atoms with E-state index in [1.54, 1.807) is 6.92 Å². The lowest BCUT2D eigenvalue weighted by atomic mass is 9.70. The topological polar surface area (TPSA) is 46.5 Å². The molecule has 2 aliphatic rings. The lowest BCUT2D eigenvalue weighted by Crippen LogP contribution is -2.46. The van der Waals surface area contributed by atoms with Crippen LogP contribution in [-0.2, 0) is 9.53 Å². The third-order valence-corrected chi connectivity index (χ3v) is 3.56. The fraction of sp³-hybridized carbons (Fsp3) is 0.643. The molecule has 0 saturated heterocycles. The molecule has 1 N–H and O–H groups in total. The van der Waals surface area contributed by atoms with Crippen LogP contribution < -0.4 is 0 Å². The van der Waals surface area contributed by atoms with E-state index in [4.69, 9.17) is 4.74 Å². The minimum Gasteiger partial charge on any atom is -0.452 e. The zero-order valence-electron chi connectivity index (χ0n) is 10.6. The molecule has 2 unspecified atom stereocenters. The van der Waals surface area contributed by atoms with Gasteiger partial charge in [0.1, 0.15) is 5.60 Å². The van der Waals surface area contributed by atoms with Gasteiger partial charge in [-0.2, -0.15) is 0 Å². The Morgan fingerprint density at radius 1 is 1.59 bits per heavy atom. The summed E-state index contributed by atoms with van der Waals surface area (Å²) in [5.41, 5.74) is 0.236. The van der Waals surface area contributed by atoms with Gasteiger partial charge in [0.25, 0.3) is 0 Å². The zero-order chi connectivity index (χ0) is 12.7. The van der Waals surface area contributed by atoms with E-state index in [-0.39, 0.29) is 5.97 Å². The standard InChI is InChI=1S/C14H20O3/c1-10(2)12(15)17-13(3)7-11-5-4-6-14(16,8-11)9-13/h7,16H,1,4-6,8-9H2,2-3H3. The highest BCUT2D eigenvalue weighted by Crippen LogP contribution is 2.44. The van der Waals surface area contributed by atoms with E-state index in [9.17, 15) is 9.90 Å². The average Bonchev–Trinajstić information content (AvgIpc) is 2.13. The normalized spacial score (nSPS) is 36.1. The van der Waals surface area contributed by atoms with E-state index < -0.39 is 11.2 Å². The molecule has 2 atom stereocenters. The van der Waals surface area contributed by atoms with Gasteiger partial charge in [-0.05, 0) is 45.6 Å². The molecular formula is C14H20O3. The van der Waals surface area contributed by atoms with Crippen molar-refractivity contribution in [1.82, 2.24) is 0 Å². The van der Waals surface area contributed by atoms with Gasteiger partial charge in [0.15, 0.2) is 0 Å². The molecule has 1 fully saturated rings. The van der Waals surface area contributed by atoms with Gasteiger partial charge in [-0.25, -0.2) is 4.79 Å². The number of hydrogen-bond donors (Lipinski definition) is 1. The quantitative estimate of drug-likeness (QED) is 0.455. The fourth-order valence-corrected chi connectivity index (χ4v) is 3.02. The van der Waals surface area contributed by atoms with Crippen molar-refractivity contribution >= 4 is 5.97 Å². The smallest absolute Gasteiger partial charge is 0.333 e. The van der Waals surface area contributed by atoms with E-state index in [0.29, 0.717) is 12.0 Å². The number of rotatable bonds is 2. The summed E-state index contributed by atoms with van der Waals surface area (Å²) in [5, 5.41) is 10.4. The van der Waals surface area contributed by atoms with Crippen LogP contribution in [0.5, 0.6) is 0 Å². The molecule has 3 heteroatoms. The van der Waals surface area contributed by atoms with Gasteiger partial charge >= 0.3 is 5.97 Å². The molecule has 0 heterocycles. The summed E-state index contributed by atoms with van der Waals surface area (Å²) in [6.07, 6.45) is 6.05. The van der Waals surface area contributed by atoms with E-state index >= 15 is 0 Å². The predicted molar refractivity (Wildman–Crippen MR) is 65.4 cm³/mol. The monoisotopic (exact) mass is 236 g/mol. The van der Waals surface area contributed by atoms with E-state index in [1.807, 2.05) is 13.0 Å². The van der Waals surface area contributed by atoms with Gasteiger partial charge < -0.3 is 9.84 Å². The van der Waals surface area contributed by atoms with Crippen LogP contribution in [0.4, 0.5) is 0 Å². The second kappa shape index (κ2) is 3.98. The maximum Gasteiger partial charge on any atom is 0.333 e. The molecule has 2 bridgehead atoms. The highest BCUT2D eigenvalue weighted by atomic mass is 16.6. The van der Waals surface area contributed by atoms with Crippen LogP contribution in [-0.4, -0.2) is 22.3 Å². The Balaban J connectivity index is 2.21.